The fraction of sp³-hybridized carbons (Fsp3) is 0.935. The molecule has 222 valence electrons. The van der Waals surface area contributed by atoms with Crippen LogP contribution in [0.5, 0.6) is 0 Å². The molecule has 4 atom stereocenters. The minimum absolute atomic E-state index is 0.833. The lowest BCUT2D eigenvalue weighted by atomic mass is 9.81. The van der Waals surface area contributed by atoms with E-state index in [0.717, 1.165) is 37.5 Å². The van der Waals surface area contributed by atoms with Gasteiger partial charge in [-0.3, -0.25) is 9.59 Å². The van der Waals surface area contributed by atoms with Crippen molar-refractivity contribution in [3.63, 3.8) is 0 Å². The molecule has 4 N–H and O–H groups in total. The number of hydrogen-bond donors (Lipinski definition) is 4. The first-order valence-electron chi connectivity index (χ1n) is 15.5. The van der Waals surface area contributed by atoms with E-state index in [1.54, 1.807) is 0 Å². The summed E-state index contributed by atoms with van der Waals surface area (Å²) in [5.74, 6) is 2.21. The Morgan fingerprint density at radius 3 is 1.54 bits per heavy atom. The third kappa shape index (κ3) is 27.7. The molecular weight excluding hydrogens is 464 g/mol. The van der Waals surface area contributed by atoms with E-state index >= 15 is 0 Å². The van der Waals surface area contributed by atoms with E-state index in [4.69, 9.17) is 19.8 Å². The van der Waals surface area contributed by atoms with Gasteiger partial charge in [0.1, 0.15) is 0 Å². The van der Waals surface area contributed by atoms with Gasteiger partial charge in [-0.05, 0) is 75.5 Å². The number of hydrogen-bond acceptors (Lipinski definition) is 4. The summed E-state index contributed by atoms with van der Waals surface area (Å²) in [5, 5.41) is 21.9. The molecular formula is C31H64N2O4. The van der Waals surface area contributed by atoms with Gasteiger partial charge in [0, 0.05) is 13.8 Å². The molecule has 2 heterocycles. The van der Waals surface area contributed by atoms with Crippen molar-refractivity contribution in [3.8, 4) is 0 Å². The molecule has 0 aromatic carbocycles. The van der Waals surface area contributed by atoms with Crippen molar-refractivity contribution < 1.29 is 19.8 Å². The van der Waals surface area contributed by atoms with E-state index in [2.05, 4.69) is 38.3 Å². The Morgan fingerprint density at radius 2 is 1.16 bits per heavy atom. The lowest BCUT2D eigenvalue weighted by Gasteiger charge is -2.30. The van der Waals surface area contributed by atoms with Crippen molar-refractivity contribution in [1.82, 2.24) is 10.6 Å². The standard InChI is InChI=1S/C14H29N.C13H27N.2C2H4O2/c1-3-5-6-7-9-13(4-2)14-10-8-11-15-12-14;1-3-4-5-6-8-12(2)13-9-7-10-14-11-13;2*1-2(3)4/h13-15H,3-12H2,1-2H3;12-14H,3-11H2,1-2H3;2*1H3,(H,3,4). The van der Waals surface area contributed by atoms with Crippen molar-refractivity contribution in [2.24, 2.45) is 23.7 Å². The largest absolute Gasteiger partial charge is 0.481 e. The van der Waals surface area contributed by atoms with Gasteiger partial charge < -0.3 is 20.8 Å². The number of nitrogens with one attached hydrogen (secondary N) is 2. The molecule has 0 aromatic heterocycles. The van der Waals surface area contributed by atoms with Crippen LogP contribution < -0.4 is 10.6 Å². The van der Waals surface area contributed by atoms with E-state index in [9.17, 15) is 0 Å². The zero-order valence-corrected chi connectivity index (χ0v) is 25.5. The third-order valence-electron chi connectivity index (χ3n) is 7.61. The summed E-state index contributed by atoms with van der Waals surface area (Å²) in [6.45, 7) is 16.6. The Kier molecular flexibility index (Phi) is 28.6. The molecule has 2 aliphatic rings. The minimum Gasteiger partial charge on any atom is -0.481 e. The minimum atomic E-state index is -0.833. The summed E-state index contributed by atoms with van der Waals surface area (Å²) in [5.41, 5.74) is 0. The summed E-state index contributed by atoms with van der Waals surface area (Å²) in [4.78, 5) is 18.0. The topological polar surface area (TPSA) is 98.7 Å². The van der Waals surface area contributed by atoms with Crippen LogP contribution in [0.25, 0.3) is 0 Å². The molecule has 2 saturated heterocycles. The number of piperidine rings is 2. The first kappa shape index (κ1) is 38.0. The van der Waals surface area contributed by atoms with E-state index in [-0.39, 0.29) is 0 Å². The molecule has 37 heavy (non-hydrogen) atoms. The van der Waals surface area contributed by atoms with Crippen LogP contribution in [-0.2, 0) is 9.59 Å². The van der Waals surface area contributed by atoms with Gasteiger partial charge >= 0.3 is 0 Å². The van der Waals surface area contributed by atoms with Crippen molar-refractivity contribution in [2.75, 3.05) is 26.2 Å². The second kappa shape index (κ2) is 27.9. The Bertz CT molecular complexity index is 483. The summed E-state index contributed by atoms with van der Waals surface area (Å²) in [6, 6.07) is 0. The van der Waals surface area contributed by atoms with Crippen LogP contribution in [0.4, 0.5) is 0 Å². The van der Waals surface area contributed by atoms with Crippen LogP contribution in [0.15, 0.2) is 0 Å². The van der Waals surface area contributed by atoms with Gasteiger partial charge in [0.25, 0.3) is 11.9 Å². The monoisotopic (exact) mass is 528 g/mol. The van der Waals surface area contributed by atoms with E-state index in [1.807, 2.05) is 0 Å². The van der Waals surface area contributed by atoms with Crippen LogP contribution in [0.3, 0.4) is 0 Å². The summed E-state index contributed by atoms with van der Waals surface area (Å²) in [6.07, 6.45) is 21.4. The van der Waals surface area contributed by atoms with Gasteiger partial charge in [-0.15, -0.1) is 0 Å². The molecule has 6 heteroatoms. The van der Waals surface area contributed by atoms with Crippen LogP contribution >= 0.6 is 0 Å². The first-order chi connectivity index (χ1) is 17.7. The predicted molar refractivity (Wildman–Crippen MR) is 158 cm³/mol. The predicted octanol–water partition coefficient (Wildman–Crippen LogP) is 7.76. The van der Waals surface area contributed by atoms with E-state index < -0.39 is 11.9 Å². The summed E-state index contributed by atoms with van der Waals surface area (Å²) < 4.78 is 0. The zero-order chi connectivity index (χ0) is 28.3. The molecule has 0 aromatic rings. The smallest absolute Gasteiger partial charge is 0.300 e. The fourth-order valence-corrected chi connectivity index (χ4v) is 5.38. The Hall–Kier alpha value is -1.14. The highest BCUT2D eigenvalue weighted by molar-refractivity contribution is 5.63. The highest BCUT2D eigenvalue weighted by Gasteiger charge is 2.21. The van der Waals surface area contributed by atoms with Crippen molar-refractivity contribution in [1.29, 1.82) is 0 Å². The molecule has 2 rings (SSSR count). The van der Waals surface area contributed by atoms with Gasteiger partial charge in [-0.1, -0.05) is 98.3 Å². The van der Waals surface area contributed by atoms with Gasteiger partial charge in [-0.2, -0.15) is 0 Å². The van der Waals surface area contributed by atoms with Gasteiger partial charge in [0.2, 0.25) is 0 Å². The normalized spacial score (nSPS) is 20.5. The van der Waals surface area contributed by atoms with Crippen LogP contribution in [0.1, 0.15) is 138 Å². The van der Waals surface area contributed by atoms with E-state index in [0.29, 0.717) is 0 Å². The molecule has 6 nitrogen and oxygen atoms in total. The van der Waals surface area contributed by atoms with Crippen molar-refractivity contribution in [2.45, 2.75) is 138 Å². The average molecular weight is 529 g/mol. The van der Waals surface area contributed by atoms with Gasteiger partial charge in [0.05, 0.1) is 0 Å². The van der Waals surface area contributed by atoms with Crippen LogP contribution in [-0.4, -0.2) is 48.3 Å². The SMILES string of the molecule is CC(=O)O.CC(=O)O.CCCCCCC(C)C1CCCNC1.CCCCCCC(CC)C1CCCNC1. The van der Waals surface area contributed by atoms with Gasteiger partial charge in [0.15, 0.2) is 0 Å². The summed E-state index contributed by atoms with van der Waals surface area (Å²) in [7, 11) is 0. The van der Waals surface area contributed by atoms with Crippen LogP contribution in [0.2, 0.25) is 0 Å². The maximum atomic E-state index is 9.00. The molecule has 0 amide bonds. The number of carboxylic acids is 2. The highest BCUT2D eigenvalue weighted by Crippen LogP contribution is 2.27. The Balaban J connectivity index is 0. The van der Waals surface area contributed by atoms with Crippen molar-refractivity contribution >= 4 is 11.9 Å². The molecule has 0 bridgehead atoms. The Labute approximate surface area is 230 Å². The molecule has 2 aliphatic heterocycles. The molecule has 2 fully saturated rings. The average Bonchev–Trinajstić information content (AvgIpc) is 2.87. The lowest BCUT2D eigenvalue weighted by Crippen LogP contribution is -2.34. The second-order valence-electron chi connectivity index (χ2n) is 11.1. The molecule has 0 aliphatic carbocycles. The number of carbonyl (C=O) groups is 2. The quantitative estimate of drug-likeness (QED) is 0.182. The third-order valence-corrected chi connectivity index (χ3v) is 7.61. The number of rotatable bonds is 13. The first-order valence-corrected chi connectivity index (χ1v) is 15.5. The molecule has 0 saturated carbocycles. The summed E-state index contributed by atoms with van der Waals surface area (Å²) >= 11 is 0. The van der Waals surface area contributed by atoms with Crippen LogP contribution in [0, 0.1) is 23.7 Å². The number of unbranched alkanes of at least 4 members (excludes halogenated alkanes) is 6. The number of aliphatic carboxylic acids is 2. The van der Waals surface area contributed by atoms with Gasteiger partial charge in [-0.25, -0.2) is 0 Å². The van der Waals surface area contributed by atoms with Crippen molar-refractivity contribution in [3.05, 3.63) is 0 Å². The maximum Gasteiger partial charge on any atom is 0.300 e. The highest BCUT2D eigenvalue weighted by atomic mass is 16.4. The molecule has 0 radical (unpaired) electrons. The Morgan fingerprint density at radius 1 is 0.730 bits per heavy atom. The lowest BCUT2D eigenvalue weighted by molar-refractivity contribution is -0.135. The fourth-order valence-electron chi connectivity index (χ4n) is 5.38. The zero-order valence-electron chi connectivity index (χ0n) is 25.5. The second-order valence-corrected chi connectivity index (χ2v) is 11.1. The molecule has 4 unspecified atom stereocenters. The van der Waals surface area contributed by atoms with E-state index in [1.165, 1.54) is 122 Å². The molecule has 0 spiro atoms. The maximum absolute atomic E-state index is 9.00. The number of carboxylic acid groups (broad SMARTS) is 2.